The third-order valence-electron chi connectivity index (χ3n) is 4.19. The average Bonchev–Trinajstić information content (AvgIpc) is 2.97. The number of nitrogens with one attached hydrogen (secondary N) is 1. The number of rotatable bonds is 3. The highest BCUT2D eigenvalue weighted by molar-refractivity contribution is 7.89. The molecule has 110 valence electrons. The largest absolute Gasteiger partial charge is 0.397 e. The SMILES string of the molecule is Nc1cc(S(=O)(=O)NC2CCN3CCCC23)ccc1Cl. The molecule has 2 heterocycles. The summed E-state index contributed by atoms with van der Waals surface area (Å²) < 4.78 is 27.6. The van der Waals surface area contributed by atoms with Gasteiger partial charge in [0.25, 0.3) is 0 Å². The smallest absolute Gasteiger partial charge is 0.240 e. The van der Waals surface area contributed by atoms with Crippen molar-refractivity contribution in [3.8, 4) is 0 Å². The fourth-order valence-electron chi connectivity index (χ4n) is 3.18. The molecule has 20 heavy (non-hydrogen) atoms. The van der Waals surface area contributed by atoms with E-state index in [1.807, 2.05) is 0 Å². The Balaban J connectivity index is 1.80. The average molecular weight is 316 g/mol. The van der Waals surface area contributed by atoms with Gasteiger partial charge in [-0.15, -0.1) is 0 Å². The van der Waals surface area contributed by atoms with Gasteiger partial charge in [-0.2, -0.15) is 0 Å². The molecule has 0 spiro atoms. The van der Waals surface area contributed by atoms with Crippen LogP contribution in [0.3, 0.4) is 0 Å². The Bertz CT molecular complexity index is 620. The molecule has 3 N–H and O–H groups in total. The summed E-state index contributed by atoms with van der Waals surface area (Å²) in [5, 5.41) is 0.367. The summed E-state index contributed by atoms with van der Waals surface area (Å²) in [6.07, 6.45) is 3.08. The number of benzene rings is 1. The second-order valence-electron chi connectivity index (χ2n) is 5.45. The summed E-state index contributed by atoms with van der Waals surface area (Å²) in [5.74, 6) is 0. The number of hydrogen-bond acceptors (Lipinski definition) is 4. The molecule has 7 heteroatoms. The summed E-state index contributed by atoms with van der Waals surface area (Å²) in [5.41, 5.74) is 5.96. The fraction of sp³-hybridized carbons (Fsp3) is 0.538. The highest BCUT2D eigenvalue weighted by atomic mass is 35.5. The number of nitrogens with two attached hydrogens (primary N) is 1. The van der Waals surface area contributed by atoms with E-state index in [4.69, 9.17) is 17.3 Å². The minimum absolute atomic E-state index is 0.000553. The van der Waals surface area contributed by atoms with E-state index in [-0.39, 0.29) is 16.6 Å². The first kappa shape index (κ1) is 14.1. The van der Waals surface area contributed by atoms with E-state index >= 15 is 0 Å². The van der Waals surface area contributed by atoms with Crippen LogP contribution in [0.1, 0.15) is 19.3 Å². The molecule has 5 nitrogen and oxygen atoms in total. The Morgan fingerprint density at radius 3 is 2.85 bits per heavy atom. The second-order valence-corrected chi connectivity index (χ2v) is 7.57. The quantitative estimate of drug-likeness (QED) is 0.828. The van der Waals surface area contributed by atoms with Gasteiger partial charge in [-0.3, -0.25) is 4.90 Å². The van der Waals surface area contributed by atoms with Crippen LogP contribution in [0.5, 0.6) is 0 Å². The van der Waals surface area contributed by atoms with Gasteiger partial charge in [-0.25, -0.2) is 13.1 Å². The normalized spacial score (nSPS) is 26.9. The van der Waals surface area contributed by atoms with Gasteiger partial charge < -0.3 is 5.73 Å². The zero-order chi connectivity index (χ0) is 14.3. The summed E-state index contributed by atoms with van der Waals surface area (Å²) in [7, 11) is -3.54. The molecule has 0 amide bonds. The minimum Gasteiger partial charge on any atom is -0.397 e. The van der Waals surface area contributed by atoms with Gasteiger partial charge >= 0.3 is 0 Å². The number of fused-ring (bicyclic) bond motifs is 1. The molecule has 2 saturated heterocycles. The number of anilines is 1. The van der Waals surface area contributed by atoms with Crippen molar-refractivity contribution in [2.24, 2.45) is 0 Å². The Kier molecular flexibility index (Phi) is 3.66. The number of halogens is 1. The molecular weight excluding hydrogens is 298 g/mol. The zero-order valence-corrected chi connectivity index (χ0v) is 12.6. The topological polar surface area (TPSA) is 75.4 Å². The van der Waals surface area contributed by atoms with Crippen LogP contribution in [0.2, 0.25) is 5.02 Å². The number of nitrogen functional groups attached to an aromatic ring is 1. The molecule has 0 aromatic heterocycles. The van der Waals surface area contributed by atoms with E-state index < -0.39 is 10.0 Å². The lowest BCUT2D eigenvalue weighted by Crippen LogP contribution is -2.42. The molecule has 3 rings (SSSR count). The van der Waals surface area contributed by atoms with Gasteiger partial charge in [0, 0.05) is 18.6 Å². The van der Waals surface area contributed by atoms with Crippen molar-refractivity contribution in [3.63, 3.8) is 0 Å². The van der Waals surface area contributed by atoms with Crippen molar-refractivity contribution in [1.82, 2.24) is 9.62 Å². The maximum absolute atomic E-state index is 12.4. The maximum Gasteiger partial charge on any atom is 0.240 e. The van der Waals surface area contributed by atoms with E-state index in [1.165, 1.54) is 18.2 Å². The third-order valence-corrected chi connectivity index (χ3v) is 6.02. The summed E-state index contributed by atoms with van der Waals surface area (Å²) in [6.45, 7) is 2.05. The van der Waals surface area contributed by atoms with Gasteiger partial charge in [-0.05, 0) is 44.0 Å². The van der Waals surface area contributed by atoms with Crippen LogP contribution in [0.25, 0.3) is 0 Å². The molecule has 2 aliphatic heterocycles. The van der Waals surface area contributed by atoms with Crippen molar-refractivity contribution in [2.45, 2.75) is 36.2 Å². The Morgan fingerprint density at radius 1 is 1.30 bits per heavy atom. The van der Waals surface area contributed by atoms with Crippen LogP contribution in [-0.2, 0) is 10.0 Å². The Morgan fingerprint density at radius 2 is 2.10 bits per heavy atom. The Labute approximate surface area is 124 Å². The van der Waals surface area contributed by atoms with Crippen LogP contribution < -0.4 is 10.5 Å². The Hall–Kier alpha value is -0.820. The van der Waals surface area contributed by atoms with Crippen molar-refractivity contribution in [2.75, 3.05) is 18.8 Å². The fourth-order valence-corrected chi connectivity index (χ4v) is 4.63. The maximum atomic E-state index is 12.4. The van der Waals surface area contributed by atoms with Crippen molar-refractivity contribution >= 4 is 27.3 Å². The van der Waals surface area contributed by atoms with Crippen LogP contribution in [0.4, 0.5) is 5.69 Å². The van der Waals surface area contributed by atoms with Crippen LogP contribution in [0, 0.1) is 0 Å². The molecule has 0 saturated carbocycles. The van der Waals surface area contributed by atoms with E-state index in [9.17, 15) is 8.42 Å². The van der Waals surface area contributed by atoms with Crippen LogP contribution in [0.15, 0.2) is 23.1 Å². The molecule has 2 unspecified atom stereocenters. The number of nitrogens with zero attached hydrogens (tertiary/aromatic N) is 1. The standard InChI is InChI=1S/C13H18ClN3O2S/c14-10-4-3-9(8-11(10)15)20(18,19)16-12-5-7-17-6-1-2-13(12)17/h3-4,8,12-13,16H,1-2,5-7,15H2. The van der Waals surface area contributed by atoms with Crippen LogP contribution in [-0.4, -0.2) is 38.5 Å². The lowest BCUT2D eigenvalue weighted by Gasteiger charge is -2.21. The molecule has 2 aliphatic rings. The van der Waals surface area contributed by atoms with E-state index in [0.717, 1.165) is 32.4 Å². The molecular formula is C13H18ClN3O2S. The zero-order valence-electron chi connectivity index (χ0n) is 11.0. The molecule has 0 radical (unpaired) electrons. The van der Waals surface area contributed by atoms with Gasteiger partial charge in [0.2, 0.25) is 10.0 Å². The minimum atomic E-state index is -3.54. The highest BCUT2D eigenvalue weighted by Gasteiger charge is 2.39. The summed E-state index contributed by atoms with van der Waals surface area (Å²) in [4.78, 5) is 2.54. The first-order chi connectivity index (χ1) is 9.47. The highest BCUT2D eigenvalue weighted by Crippen LogP contribution is 2.29. The lowest BCUT2D eigenvalue weighted by molar-refractivity contribution is 0.309. The van der Waals surface area contributed by atoms with Crippen molar-refractivity contribution in [3.05, 3.63) is 23.2 Å². The monoisotopic (exact) mass is 315 g/mol. The molecule has 1 aromatic rings. The van der Waals surface area contributed by atoms with E-state index in [1.54, 1.807) is 0 Å². The van der Waals surface area contributed by atoms with E-state index in [0.29, 0.717) is 11.1 Å². The predicted molar refractivity (Wildman–Crippen MR) is 79.2 cm³/mol. The van der Waals surface area contributed by atoms with Gasteiger partial charge in [0.1, 0.15) is 0 Å². The van der Waals surface area contributed by atoms with E-state index in [2.05, 4.69) is 9.62 Å². The van der Waals surface area contributed by atoms with Gasteiger partial charge in [-0.1, -0.05) is 11.6 Å². The van der Waals surface area contributed by atoms with Crippen molar-refractivity contribution < 1.29 is 8.42 Å². The molecule has 0 bridgehead atoms. The van der Waals surface area contributed by atoms with Crippen molar-refractivity contribution in [1.29, 1.82) is 0 Å². The first-order valence-electron chi connectivity index (χ1n) is 6.79. The van der Waals surface area contributed by atoms with Gasteiger partial charge in [0.05, 0.1) is 15.6 Å². The lowest BCUT2D eigenvalue weighted by atomic mass is 10.1. The predicted octanol–water partition coefficient (Wildman–Crippen LogP) is 1.44. The molecule has 2 fully saturated rings. The molecule has 0 aliphatic carbocycles. The van der Waals surface area contributed by atoms with Gasteiger partial charge in [0.15, 0.2) is 0 Å². The summed E-state index contributed by atoms with van der Waals surface area (Å²) in [6, 6.07) is 4.75. The second kappa shape index (κ2) is 5.18. The number of hydrogen-bond donors (Lipinski definition) is 2. The van der Waals surface area contributed by atoms with Crippen LogP contribution >= 0.6 is 11.6 Å². The molecule has 2 atom stereocenters. The number of sulfonamides is 1. The first-order valence-corrected chi connectivity index (χ1v) is 8.65. The third kappa shape index (κ3) is 2.53. The summed E-state index contributed by atoms with van der Waals surface area (Å²) >= 11 is 5.83. The molecule has 1 aromatic carbocycles.